The van der Waals surface area contributed by atoms with Crippen molar-refractivity contribution < 1.29 is 5.11 Å². The molecule has 0 aliphatic carbocycles. The van der Waals surface area contributed by atoms with E-state index in [0.717, 1.165) is 38.9 Å². The van der Waals surface area contributed by atoms with Crippen molar-refractivity contribution in [3.05, 3.63) is 65.7 Å². The first-order valence-electron chi connectivity index (χ1n) is 7.82. The van der Waals surface area contributed by atoms with E-state index in [9.17, 15) is 5.11 Å². The van der Waals surface area contributed by atoms with Crippen LogP contribution in [0.1, 0.15) is 24.5 Å². The fourth-order valence-corrected chi connectivity index (χ4v) is 2.53. The number of benzene rings is 2. The van der Waals surface area contributed by atoms with Crippen LogP contribution in [0.3, 0.4) is 0 Å². The highest BCUT2D eigenvalue weighted by atomic mass is 16.3. The molecule has 2 aromatic rings. The van der Waals surface area contributed by atoms with Gasteiger partial charge in [-0.05, 0) is 55.6 Å². The zero-order chi connectivity index (χ0) is 14.9. The summed E-state index contributed by atoms with van der Waals surface area (Å²) in [5.41, 5.74) is 2.71. The van der Waals surface area contributed by atoms with E-state index in [1.54, 1.807) is 12.1 Å². The van der Waals surface area contributed by atoms with Crippen LogP contribution in [0.25, 0.3) is 0 Å². The van der Waals surface area contributed by atoms with Gasteiger partial charge in [-0.15, -0.1) is 0 Å². The minimum absolute atomic E-state index is 0.344. The summed E-state index contributed by atoms with van der Waals surface area (Å²) in [7, 11) is 0. The maximum atomic E-state index is 9.28. The molecule has 0 unspecified atom stereocenters. The van der Waals surface area contributed by atoms with E-state index >= 15 is 0 Å². The topological polar surface area (TPSA) is 23.5 Å². The molecule has 0 radical (unpaired) electrons. The van der Waals surface area contributed by atoms with Gasteiger partial charge in [0, 0.05) is 6.54 Å². The largest absolute Gasteiger partial charge is 0.508 e. The average Bonchev–Trinajstić information content (AvgIpc) is 2.53. The summed E-state index contributed by atoms with van der Waals surface area (Å²) in [5.74, 6) is 0.344. The average molecular weight is 283 g/mol. The van der Waals surface area contributed by atoms with Crippen molar-refractivity contribution in [2.45, 2.75) is 26.2 Å². The SMILES string of the molecule is CCN(CCCc1ccc(O)cc1)CCc1ccccc1. The Morgan fingerprint density at radius 2 is 1.48 bits per heavy atom. The van der Waals surface area contributed by atoms with Gasteiger partial charge in [-0.3, -0.25) is 0 Å². The zero-order valence-electron chi connectivity index (χ0n) is 12.8. The minimum atomic E-state index is 0.344. The molecule has 0 bridgehead atoms. The quantitative estimate of drug-likeness (QED) is 0.794. The molecule has 2 rings (SSSR count). The summed E-state index contributed by atoms with van der Waals surface area (Å²) in [6.07, 6.45) is 3.35. The third-order valence-corrected chi connectivity index (χ3v) is 3.88. The Balaban J connectivity index is 1.71. The van der Waals surface area contributed by atoms with Crippen LogP contribution in [0.4, 0.5) is 0 Å². The Morgan fingerprint density at radius 3 is 2.14 bits per heavy atom. The number of phenols is 1. The molecule has 0 saturated heterocycles. The van der Waals surface area contributed by atoms with Crippen molar-refractivity contribution in [2.75, 3.05) is 19.6 Å². The van der Waals surface area contributed by atoms with Crippen LogP contribution in [0.2, 0.25) is 0 Å². The number of hydrogen-bond donors (Lipinski definition) is 1. The van der Waals surface area contributed by atoms with E-state index in [0.29, 0.717) is 5.75 Å². The molecule has 0 saturated carbocycles. The van der Waals surface area contributed by atoms with E-state index < -0.39 is 0 Å². The van der Waals surface area contributed by atoms with E-state index in [-0.39, 0.29) is 0 Å². The summed E-state index contributed by atoms with van der Waals surface area (Å²) >= 11 is 0. The molecule has 1 N–H and O–H groups in total. The van der Waals surface area contributed by atoms with E-state index in [1.165, 1.54) is 11.1 Å². The van der Waals surface area contributed by atoms with Gasteiger partial charge in [0.25, 0.3) is 0 Å². The van der Waals surface area contributed by atoms with Gasteiger partial charge in [-0.25, -0.2) is 0 Å². The number of nitrogens with zero attached hydrogens (tertiary/aromatic N) is 1. The fourth-order valence-electron chi connectivity index (χ4n) is 2.53. The zero-order valence-corrected chi connectivity index (χ0v) is 12.8. The molecule has 0 amide bonds. The fraction of sp³-hybridized carbons (Fsp3) is 0.368. The summed E-state index contributed by atoms with van der Waals surface area (Å²) < 4.78 is 0. The predicted octanol–water partition coefficient (Wildman–Crippen LogP) is 3.89. The minimum Gasteiger partial charge on any atom is -0.508 e. The first-order valence-corrected chi connectivity index (χ1v) is 7.82. The highest BCUT2D eigenvalue weighted by Gasteiger charge is 2.03. The van der Waals surface area contributed by atoms with Crippen molar-refractivity contribution in [3.63, 3.8) is 0 Å². The van der Waals surface area contributed by atoms with Crippen molar-refractivity contribution >= 4 is 0 Å². The Morgan fingerprint density at radius 1 is 0.810 bits per heavy atom. The molecule has 0 heterocycles. The smallest absolute Gasteiger partial charge is 0.115 e. The Kier molecular flexibility index (Phi) is 6.29. The van der Waals surface area contributed by atoms with Crippen LogP contribution in [-0.4, -0.2) is 29.6 Å². The van der Waals surface area contributed by atoms with Crippen molar-refractivity contribution in [3.8, 4) is 5.75 Å². The molecule has 0 aliphatic heterocycles. The predicted molar refractivity (Wildman–Crippen MR) is 88.7 cm³/mol. The Labute approximate surface area is 128 Å². The summed E-state index contributed by atoms with van der Waals surface area (Å²) in [5, 5.41) is 9.28. The molecular formula is C19H25NO. The van der Waals surface area contributed by atoms with Crippen LogP contribution >= 0.6 is 0 Å². The molecule has 0 atom stereocenters. The first kappa shape index (κ1) is 15.6. The van der Waals surface area contributed by atoms with Crippen molar-refractivity contribution in [1.29, 1.82) is 0 Å². The molecule has 0 aromatic heterocycles. The van der Waals surface area contributed by atoms with Crippen molar-refractivity contribution in [1.82, 2.24) is 4.90 Å². The van der Waals surface area contributed by atoms with Crippen LogP contribution in [0.15, 0.2) is 54.6 Å². The van der Waals surface area contributed by atoms with E-state index in [4.69, 9.17) is 0 Å². The van der Waals surface area contributed by atoms with Gasteiger partial charge in [0.1, 0.15) is 5.75 Å². The van der Waals surface area contributed by atoms with Gasteiger partial charge < -0.3 is 10.0 Å². The summed E-state index contributed by atoms with van der Waals surface area (Å²) in [6, 6.07) is 18.2. The molecule has 2 aromatic carbocycles. The molecule has 0 spiro atoms. The van der Waals surface area contributed by atoms with Crippen LogP contribution in [0, 0.1) is 0 Å². The number of aromatic hydroxyl groups is 1. The molecule has 2 heteroatoms. The summed E-state index contributed by atoms with van der Waals surface area (Å²) in [6.45, 7) is 5.58. The van der Waals surface area contributed by atoms with Gasteiger partial charge in [-0.2, -0.15) is 0 Å². The monoisotopic (exact) mass is 283 g/mol. The third-order valence-electron chi connectivity index (χ3n) is 3.88. The Bertz CT molecular complexity index is 507. The number of aryl methyl sites for hydroxylation is 1. The second-order valence-electron chi connectivity index (χ2n) is 5.44. The first-order chi connectivity index (χ1) is 10.3. The number of hydrogen-bond acceptors (Lipinski definition) is 2. The van der Waals surface area contributed by atoms with Gasteiger partial charge in [0.05, 0.1) is 0 Å². The highest BCUT2D eigenvalue weighted by Crippen LogP contribution is 2.11. The van der Waals surface area contributed by atoms with Crippen LogP contribution in [0.5, 0.6) is 5.75 Å². The third kappa shape index (κ3) is 5.60. The normalized spacial score (nSPS) is 11.0. The number of rotatable bonds is 8. The lowest BCUT2D eigenvalue weighted by atomic mass is 10.1. The number of likely N-dealkylation sites (N-methyl/N-ethyl adjacent to an activating group) is 1. The van der Waals surface area contributed by atoms with Gasteiger partial charge in [0.15, 0.2) is 0 Å². The molecule has 0 fully saturated rings. The lowest BCUT2D eigenvalue weighted by molar-refractivity contribution is 0.288. The van der Waals surface area contributed by atoms with Gasteiger partial charge in [0.2, 0.25) is 0 Å². The highest BCUT2D eigenvalue weighted by molar-refractivity contribution is 5.25. The van der Waals surface area contributed by atoms with E-state index in [2.05, 4.69) is 42.2 Å². The standard InChI is InChI=1S/C19H25NO/c1-2-20(16-14-17-7-4-3-5-8-17)15-6-9-18-10-12-19(21)13-11-18/h3-5,7-8,10-13,21H,2,6,9,14-16H2,1H3. The molecular weight excluding hydrogens is 258 g/mol. The lowest BCUT2D eigenvalue weighted by Crippen LogP contribution is -2.27. The molecule has 0 aliphatic rings. The van der Waals surface area contributed by atoms with Crippen LogP contribution in [-0.2, 0) is 12.8 Å². The maximum absolute atomic E-state index is 9.28. The molecule has 112 valence electrons. The maximum Gasteiger partial charge on any atom is 0.115 e. The lowest BCUT2D eigenvalue weighted by Gasteiger charge is -2.20. The molecule has 2 nitrogen and oxygen atoms in total. The summed E-state index contributed by atoms with van der Waals surface area (Å²) in [4.78, 5) is 2.51. The Hall–Kier alpha value is -1.80. The van der Waals surface area contributed by atoms with Gasteiger partial charge in [-0.1, -0.05) is 49.4 Å². The number of phenolic OH excluding ortho intramolecular Hbond substituents is 1. The van der Waals surface area contributed by atoms with Crippen LogP contribution < -0.4 is 0 Å². The molecule has 21 heavy (non-hydrogen) atoms. The van der Waals surface area contributed by atoms with Gasteiger partial charge >= 0.3 is 0 Å². The van der Waals surface area contributed by atoms with Crippen molar-refractivity contribution in [2.24, 2.45) is 0 Å². The van der Waals surface area contributed by atoms with E-state index in [1.807, 2.05) is 12.1 Å². The second kappa shape index (κ2) is 8.48. The second-order valence-corrected chi connectivity index (χ2v) is 5.44.